The third-order valence-electron chi connectivity index (χ3n) is 4.08. The molecular formula is C24H20O3. The van der Waals surface area contributed by atoms with E-state index in [0.29, 0.717) is 29.7 Å². The molecule has 3 heteroatoms. The summed E-state index contributed by atoms with van der Waals surface area (Å²) in [5.74, 6) is 0.0579. The second-order valence-electron chi connectivity index (χ2n) is 6.06. The lowest BCUT2D eigenvalue weighted by Crippen LogP contribution is -2.09. The lowest BCUT2D eigenvalue weighted by molar-refractivity contribution is -0.134. The van der Waals surface area contributed by atoms with Gasteiger partial charge in [0.15, 0.2) is 5.78 Å². The second kappa shape index (κ2) is 9.30. The lowest BCUT2D eigenvalue weighted by Gasteiger charge is -2.07. The highest BCUT2D eigenvalue weighted by atomic mass is 16.5. The number of aryl methyl sites for hydroxylation is 1. The summed E-state index contributed by atoms with van der Waals surface area (Å²) in [5, 5.41) is 0. The summed E-state index contributed by atoms with van der Waals surface area (Å²) in [7, 11) is 0. The van der Waals surface area contributed by atoms with Gasteiger partial charge in [0, 0.05) is 17.5 Å². The first-order valence-corrected chi connectivity index (χ1v) is 8.83. The summed E-state index contributed by atoms with van der Waals surface area (Å²) >= 11 is 0. The highest BCUT2D eigenvalue weighted by Gasteiger charge is 2.08. The van der Waals surface area contributed by atoms with Crippen molar-refractivity contribution in [3.8, 4) is 5.75 Å². The fraction of sp³-hybridized carbons (Fsp3) is 0.0833. The predicted molar refractivity (Wildman–Crippen MR) is 107 cm³/mol. The zero-order valence-electron chi connectivity index (χ0n) is 14.9. The molecule has 0 aliphatic rings. The third-order valence-corrected chi connectivity index (χ3v) is 4.08. The minimum atomic E-state index is -0.297. The Morgan fingerprint density at radius 3 is 2.15 bits per heavy atom. The molecule has 0 bridgehead atoms. The monoisotopic (exact) mass is 356 g/mol. The van der Waals surface area contributed by atoms with Gasteiger partial charge in [0.1, 0.15) is 5.75 Å². The van der Waals surface area contributed by atoms with E-state index in [2.05, 4.69) is 0 Å². The van der Waals surface area contributed by atoms with Crippen molar-refractivity contribution in [3.05, 3.63) is 108 Å². The fourth-order valence-electron chi connectivity index (χ4n) is 2.64. The molecule has 0 saturated carbocycles. The van der Waals surface area contributed by atoms with Crippen LogP contribution in [-0.4, -0.2) is 11.8 Å². The molecule has 0 fully saturated rings. The average Bonchev–Trinajstić information content (AvgIpc) is 2.73. The summed E-state index contributed by atoms with van der Waals surface area (Å²) in [4.78, 5) is 24.4. The van der Waals surface area contributed by atoms with Crippen LogP contribution >= 0.6 is 0 Å². The number of hydrogen-bond donors (Lipinski definition) is 0. The van der Waals surface area contributed by atoms with Crippen molar-refractivity contribution in [2.75, 3.05) is 0 Å². The highest BCUT2D eigenvalue weighted by molar-refractivity contribution is 6.06. The van der Waals surface area contributed by atoms with Crippen LogP contribution in [0.15, 0.2) is 91.0 Å². The molecule has 0 aliphatic carbocycles. The van der Waals surface area contributed by atoms with E-state index in [-0.39, 0.29) is 11.8 Å². The average molecular weight is 356 g/mol. The molecule has 0 atom stereocenters. The number of ketones is 1. The first-order valence-electron chi connectivity index (χ1n) is 8.83. The number of ether oxygens (including phenoxy) is 1. The minimum absolute atomic E-state index is 0.0965. The summed E-state index contributed by atoms with van der Waals surface area (Å²) in [6.07, 6.45) is 4.09. The lowest BCUT2D eigenvalue weighted by atomic mass is 10.1. The zero-order chi connectivity index (χ0) is 18.9. The van der Waals surface area contributed by atoms with Crippen LogP contribution < -0.4 is 4.74 Å². The van der Waals surface area contributed by atoms with Crippen LogP contribution in [0.4, 0.5) is 0 Å². The predicted octanol–water partition coefficient (Wildman–Crippen LogP) is 5.12. The van der Waals surface area contributed by atoms with Gasteiger partial charge in [-0.2, -0.15) is 0 Å². The molecule has 0 aliphatic heterocycles. The van der Waals surface area contributed by atoms with E-state index < -0.39 is 0 Å². The zero-order valence-corrected chi connectivity index (χ0v) is 14.9. The van der Waals surface area contributed by atoms with Crippen molar-refractivity contribution in [3.63, 3.8) is 0 Å². The maximum atomic E-state index is 12.2. The Hall–Kier alpha value is -3.46. The van der Waals surface area contributed by atoms with Crippen LogP contribution in [0.3, 0.4) is 0 Å². The van der Waals surface area contributed by atoms with E-state index >= 15 is 0 Å². The van der Waals surface area contributed by atoms with Gasteiger partial charge < -0.3 is 4.74 Å². The molecule has 134 valence electrons. The van der Waals surface area contributed by atoms with Gasteiger partial charge in [-0.1, -0.05) is 78.9 Å². The molecule has 0 N–H and O–H groups in total. The van der Waals surface area contributed by atoms with Gasteiger partial charge in [0.2, 0.25) is 0 Å². The Kier molecular flexibility index (Phi) is 6.31. The number of carbonyl (C=O) groups excluding carboxylic acids is 2. The van der Waals surface area contributed by atoms with Gasteiger partial charge in [-0.3, -0.25) is 9.59 Å². The summed E-state index contributed by atoms with van der Waals surface area (Å²) in [6.45, 7) is 0. The van der Waals surface area contributed by atoms with E-state index in [1.807, 2.05) is 60.7 Å². The molecule has 3 aromatic rings. The van der Waals surface area contributed by atoms with Gasteiger partial charge in [-0.25, -0.2) is 0 Å². The van der Waals surface area contributed by atoms with Gasteiger partial charge >= 0.3 is 5.97 Å². The molecule has 0 radical (unpaired) electrons. The second-order valence-corrected chi connectivity index (χ2v) is 6.06. The van der Waals surface area contributed by atoms with E-state index in [1.165, 1.54) is 6.08 Å². The van der Waals surface area contributed by atoms with Crippen molar-refractivity contribution in [2.45, 2.75) is 12.8 Å². The van der Waals surface area contributed by atoms with Crippen LogP contribution in [-0.2, 0) is 11.2 Å². The summed E-state index contributed by atoms with van der Waals surface area (Å²) in [5.41, 5.74) is 2.40. The molecular weight excluding hydrogens is 336 g/mol. The molecule has 0 heterocycles. The fourth-order valence-corrected chi connectivity index (χ4v) is 2.64. The Morgan fingerprint density at radius 1 is 0.778 bits per heavy atom. The van der Waals surface area contributed by atoms with Gasteiger partial charge in [-0.05, 0) is 30.2 Å². The highest BCUT2D eigenvalue weighted by Crippen LogP contribution is 2.21. The number of rotatable bonds is 7. The number of benzene rings is 3. The van der Waals surface area contributed by atoms with Crippen molar-refractivity contribution in [1.29, 1.82) is 0 Å². The molecule has 0 amide bonds. The largest absolute Gasteiger partial charge is 0.426 e. The Labute approximate surface area is 158 Å². The number of carbonyl (C=O) groups is 2. The van der Waals surface area contributed by atoms with E-state index in [1.54, 1.807) is 30.3 Å². The molecule has 0 unspecified atom stereocenters. The number of hydrogen-bond acceptors (Lipinski definition) is 3. The topological polar surface area (TPSA) is 43.4 Å². The number of esters is 1. The van der Waals surface area contributed by atoms with E-state index in [4.69, 9.17) is 4.74 Å². The Morgan fingerprint density at radius 2 is 1.41 bits per heavy atom. The van der Waals surface area contributed by atoms with Crippen LogP contribution in [0.5, 0.6) is 5.75 Å². The summed E-state index contributed by atoms with van der Waals surface area (Å²) in [6, 6.07) is 26.0. The van der Waals surface area contributed by atoms with Crippen LogP contribution in [0.1, 0.15) is 27.9 Å². The summed E-state index contributed by atoms with van der Waals surface area (Å²) < 4.78 is 5.50. The van der Waals surface area contributed by atoms with Crippen molar-refractivity contribution >= 4 is 17.8 Å². The van der Waals surface area contributed by atoms with Crippen molar-refractivity contribution in [2.24, 2.45) is 0 Å². The molecule has 0 aromatic heterocycles. The molecule has 3 rings (SSSR count). The SMILES string of the molecule is O=C(CCc1ccccc1)Oc1ccccc1C=CC(=O)c1ccccc1. The minimum Gasteiger partial charge on any atom is -0.426 e. The van der Waals surface area contributed by atoms with Crippen LogP contribution in [0, 0.1) is 0 Å². The molecule has 27 heavy (non-hydrogen) atoms. The van der Waals surface area contributed by atoms with E-state index in [9.17, 15) is 9.59 Å². The quantitative estimate of drug-likeness (QED) is 0.255. The molecule has 3 aromatic carbocycles. The van der Waals surface area contributed by atoms with Gasteiger partial charge in [0.25, 0.3) is 0 Å². The third kappa shape index (κ3) is 5.51. The first-order chi connectivity index (χ1) is 13.2. The van der Waals surface area contributed by atoms with Crippen LogP contribution in [0.25, 0.3) is 6.08 Å². The Bertz CT molecular complexity index is 928. The maximum absolute atomic E-state index is 12.2. The van der Waals surface area contributed by atoms with Crippen LogP contribution in [0.2, 0.25) is 0 Å². The van der Waals surface area contributed by atoms with E-state index in [0.717, 1.165) is 5.56 Å². The molecule has 0 spiro atoms. The molecule has 3 nitrogen and oxygen atoms in total. The van der Waals surface area contributed by atoms with Crippen molar-refractivity contribution in [1.82, 2.24) is 0 Å². The maximum Gasteiger partial charge on any atom is 0.311 e. The first kappa shape index (κ1) is 18.3. The number of para-hydroxylation sites is 1. The molecule has 0 saturated heterocycles. The Balaban J connectivity index is 1.64. The standard InChI is InChI=1S/C24H20O3/c25-22(20-11-5-2-6-12-20)17-16-21-13-7-8-14-23(21)27-24(26)18-15-19-9-3-1-4-10-19/h1-14,16-17H,15,18H2. The van der Waals surface area contributed by atoms with Gasteiger partial charge in [-0.15, -0.1) is 0 Å². The normalized spacial score (nSPS) is 10.7. The van der Waals surface area contributed by atoms with Crippen molar-refractivity contribution < 1.29 is 14.3 Å². The van der Waals surface area contributed by atoms with Gasteiger partial charge in [0.05, 0.1) is 0 Å². The number of allylic oxidation sites excluding steroid dienone is 1. The smallest absolute Gasteiger partial charge is 0.311 e.